The number of carbonyl (C=O) groups is 1. The van der Waals surface area contributed by atoms with Crippen LogP contribution in [0.3, 0.4) is 0 Å². The number of nitrogens with zero attached hydrogens (tertiary/aromatic N) is 1. The van der Waals surface area contributed by atoms with Crippen LogP contribution in [0.5, 0.6) is 5.75 Å². The number of aromatic nitrogens is 1. The van der Waals surface area contributed by atoms with Crippen LogP contribution in [0.15, 0.2) is 18.3 Å². The van der Waals surface area contributed by atoms with Gasteiger partial charge in [0.1, 0.15) is 5.75 Å². The van der Waals surface area contributed by atoms with Gasteiger partial charge < -0.3 is 10.4 Å². The zero-order valence-corrected chi connectivity index (χ0v) is 10.6. The first kappa shape index (κ1) is 12.9. The van der Waals surface area contributed by atoms with Gasteiger partial charge in [0.05, 0.1) is 0 Å². The second kappa shape index (κ2) is 6.38. The van der Waals surface area contributed by atoms with Gasteiger partial charge in [-0.2, -0.15) is 0 Å². The van der Waals surface area contributed by atoms with Crippen molar-refractivity contribution in [3.8, 4) is 5.75 Å². The highest BCUT2D eigenvalue weighted by molar-refractivity contribution is 5.94. The molecule has 1 aliphatic rings. The smallest absolute Gasteiger partial charge is 0.273 e. The van der Waals surface area contributed by atoms with Crippen LogP contribution in [0.25, 0.3) is 0 Å². The van der Waals surface area contributed by atoms with E-state index < -0.39 is 0 Å². The first-order chi connectivity index (χ1) is 8.77. The molecule has 1 heterocycles. The van der Waals surface area contributed by atoms with Crippen LogP contribution in [0, 0.1) is 5.92 Å². The fraction of sp³-hybridized carbons (Fsp3) is 0.571. The molecule has 1 amide bonds. The van der Waals surface area contributed by atoms with E-state index in [2.05, 4.69) is 10.3 Å². The first-order valence-corrected chi connectivity index (χ1v) is 6.69. The number of hydrogen-bond acceptors (Lipinski definition) is 3. The molecule has 0 radical (unpaired) electrons. The average Bonchev–Trinajstić information content (AvgIpc) is 2.40. The van der Waals surface area contributed by atoms with Crippen molar-refractivity contribution in [2.75, 3.05) is 6.54 Å². The summed E-state index contributed by atoms with van der Waals surface area (Å²) in [6, 6.07) is 3.08. The van der Waals surface area contributed by atoms with Crippen molar-refractivity contribution in [1.82, 2.24) is 10.3 Å². The number of nitrogens with one attached hydrogen (secondary N) is 1. The van der Waals surface area contributed by atoms with Gasteiger partial charge in [0.25, 0.3) is 5.91 Å². The highest BCUT2D eigenvalue weighted by atomic mass is 16.3. The highest BCUT2D eigenvalue weighted by Gasteiger charge is 2.15. The van der Waals surface area contributed by atoms with Crippen molar-refractivity contribution in [3.63, 3.8) is 0 Å². The molecule has 2 N–H and O–H groups in total. The van der Waals surface area contributed by atoms with Gasteiger partial charge in [-0.25, -0.2) is 4.98 Å². The SMILES string of the molecule is O=C(NCCC1CCCCC1)c1ncccc1O. The highest BCUT2D eigenvalue weighted by Crippen LogP contribution is 2.25. The molecule has 0 bridgehead atoms. The topological polar surface area (TPSA) is 62.2 Å². The first-order valence-electron chi connectivity index (χ1n) is 6.69. The van der Waals surface area contributed by atoms with Gasteiger partial charge in [0.15, 0.2) is 5.69 Å². The van der Waals surface area contributed by atoms with Crippen LogP contribution in [0.1, 0.15) is 49.0 Å². The molecule has 98 valence electrons. The fourth-order valence-electron chi connectivity index (χ4n) is 2.52. The van der Waals surface area contributed by atoms with Crippen LogP contribution >= 0.6 is 0 Å². The average molecular weight is 248 g/mol. The lowest BCUT2D eigenvalue weighted by molar-refractivity contribution is 0.0942. The maximum absolute atomic E-state index is 11.8. The Morgan fingerprint density at radius 2 is 2.17 bits per heavy atom. The normalized spacial score (nSPS) is 16.4. The van der Waals surface area contributed by atoms with E-state index in [4.69, 9.17) is 0 Å². The zero-order valence-electron chi connectivity index (χ0n) is 10.6. The monoisotopic (exact) mass is 248 g/mol. The van der Waals surface area contributed by atoms with Crippen molar-refractivity contribution in [1.29, 1.82) is 0 Å². The zero-order chi connectivity index (χ0) is 12.8. The minimum atomic E-state index is -0.288. The number of aromatic hydroxyl groups is 1. The second-order valence-corrected chi connectivity index (χ2v) is 4.92. The summed E-state index contributed by atoms with van der Waals surface area (Å²) in [5.74, 6) is 0.396. The quantitative estimate of drug-likeness (QED) is 0.860. The third-order valence-electron chi connectivity index (χ3n) is 3.56. The second-order valence-electron chi connectivity index (χ2n) is 4.92. The van der Waals surface area contributed by atoms with Crippen molar-refractivity contribution in [2.24, 2.45) is 5.92 Å². The number of pyridine rings is 1. The molecule has 1 fully saturated rings. The fourth-order valence-corrected chi connectivity index (χ4v) is 2.52. The standard InChI is InChI=1S/C14H20N2O2/c17-12-7-4-9-15-13(12)14(18)16-10-8-11-5-2-1-3-6-11/h4,7,9,11,17H,1-3,5-6,8,10H2,(H,16,18). The number of hydrogen-bond donors (Lipinski definition) is 2. The summed E-state index contributed by atoms with van der Waals surface area (Å²) in [7, 11) is 0. The number of amides is 1. The van der Waals surface area contributed by atoms with Crippen LogP contribution in [0.2, 0.25) is 0 Å². The van der Waals surface area contributed by atoms with Gasteiger partial charge in [0, 0.05) is 12.7 Å². The van der Waals surface area contributed by atoms with E-state index in [1.165, 1.54) is 44.4 Å². The summed E-state index contributed by atoms with van der Waals surface area (Å²) >= 11 is 0. The third-order valence-corrected chi connectivity index (χ3v) is 3.56. The summed E-state index contributed by atoms with van der Waals surface area (Å²) in [6.45, 7) is 0.666. The van der Waals surface area contributed by atoms with E-state index in [1.54, 1.807) is 6.07 Å². The Balaban J connectivity index is 1.76. The van der Waals surface area contributed by atoms with Gasteiger partial charge in [-0.05, 0) is 24.5 Å². The molecule has 4 heteroatoms. The van der Waals surface area contributed by atoms with Crippen LogP contribution in [-0.2, 0) is 0 Å². The molecular formula is C14H20N2O2. The van der Waals surface area contributed by atoms with Crippen LogP contribution in [0.4, 0.5) is 0 Å². The predicted octanol–water partition coefficient (Wildman–Crippen LogP) is 2.49. The number of carbonyl (C=O) groups excluding carboxylic acids is 1. The molecule has 0 saturated heterocycles. The minimum absolute atomic E-state index is 0.0623. The molecule has 0 aromatic carbocycles. The van der Waals surface area contributed by atoms with Crippen LogP contribution in [-0.4, -0.2) is 22.5 Å². The van der Waals surface area contributed by atoms with Gasteiger partial charge in [-0.15, -0.1) is 0 Å². The van der Waals surface area contributed by atoms with Gasteiger partial charge >= 0.3 is 0 Å². The molecule has 0 unspecified atom stereocenters. The third kappa shape index (κ3) is 3.45. The molecule has 1 aliphatic carbocycles. The summed E-state index contributed by atoms with van der Waals surface area (Å²) in [5, 5.41) is 12.3. The van der Waals surface area contributed by atoms with Gasteiger partial charge in [-0.1, -0.05) is 32.1 Å². The lowest BCUT2D eigenvalue weighted by Crippen LogP contribution is -2.27. The maximum Gasteiger partial charge on any atom is 0.273 e. The summed E-state index contributed by atoms with van der Waals surface area (Å²) < 4.78 is 0. The van der Waals surface area contributed by atoms with E-state index >= 15 is 0 Å². The van der Waals surface area contributed by atoms with Crippen LogP contribution < -0.4 is 5.32 Å². The molecule has 4 nitrogen and oxygen atoms in total. The summed E-state index contributed by atoms with van der Waals surface area (Å²) in [6.07, 6.45) is 9.09. The van der Waals surface area contributed by atoms with Gasteiger partial charge in [0.2, 0.25) is 0 Å². The lowest BCUT2D eigenvalue weighted by Gasteiger charge is -2.21. The Morgan fingerprint density at radius 3 is 2.89 bits per heavy atom. The Hall–Kier alpha value is -1.58. The van der Waals surface area contributed by atoms with E-state index in [0.717, 1.165) is 12.3 Å². The van der Waals surface area contributed by atoms with E-state index in [-0.39, 0.29) is 17.4 Å². The Bertz CT molecular complexity index is 401. The van der Waals surface area contributed by atoms with Gasteiger partial charge in [-0.3, -0.25) is 4.79 Å². The summed E-state index contributed by atoms with van der Waals surface area (Å²) in [5.41, 5.74) is 0.112. The molecule has 0 aliphatic heterocycles. The van der Waals surface area contributed by atoms with E-state index in [9.17, 15) is 9.90 Å². The van der Waals surface area contributed by atoms with E-state index in [0.29, 0.717) is 6.54 Å². The van der Waals surface area contributed by atoms with E-state index in [1.807, 2.05) is 0 Å². The Labute approximate surface area is 107 Å². The van der Waals surface area contributed by atoms with Crippen molar-refractivity contribution >= 4 is 5.91 Å². The molecular weight excluding hydrogens is 228 g/mol. The van der Waals surface area contributed by atoms with Crippen molar-refractivity contribution in [3.05, 3.63) is 24.0 Å². The number of rotatable bonds is 4. The molecule has 1 saturated carbocycles. The largest absolute Gasteiger partial charge is 0.505 e. The predicted molar refractivity (Wildman–Crippen MR) is 69.4 cm³/mol. The Kier molecular flexibility index (Phi) is 4.56. The maximum atomic E-state index is 11.8. The minimum Gasteiger partial charge on any atom is -0.505 e. The lowest BCUT2D eigenvalue weighted by atomic mass is 9.87. The molecule has 18 heavy (non-hydrogen) atoms. The van der Waals surface area contributed by atoms with Crippen molar-refractivity contribution < 1.29 is 9.90 Å². The molecule has 0 atom stereocenters. The van der Waals surface area contributed by atoms with Crippen molar-refractivity contribution in [2.45, 2.75) is 38.5 Å². The molecule has 1 aromatic heterocycles. The summed E-state index contributed by atoms with van der Waals surface area (Å²) in [4.78, 5) is 15.7. The molecule has 2 rings (SSSR count). The molecule has 1 aromatic rings. The Morgan fingerprint density at radius 1 is 1.39 bits per heavy atom. The molecule has 0 spiro atoms.